The van der Waals surface area contributed by atoms with E-state index in [-0.39, 0.29) is 29.1 Å². The molecule has 0 unspecified atom stereocenters. The van der Waals surface area contributed by atoms with Gasteiger partial charge in [-0.05, 0) is 24.3 Å². The fourth-order valence-electron chi connectivity index (χ4n) is 2.51. The fraction of sp³-hybridized carbons (Fsp3) is 0.167. The Morgan fingerprint density at radius 3 is 2.62 bits per heavy atom. The van der Waals surface area contributed by atoms with Gasteiger partial charge >= 0.3 is 5.97 Å². The third-order valence-electron chi connectivity index (χ3n) is 3.84. The molecule has 0 spiro atoms. The van der Waals surface area contributed by atoms with Gasteiger partial charge in [-0.3, -0.25) is 14.4 Å². The van der Waals surface area contributed by atoms with Crippen LogP contribution >= 0.6 is 0 Å². The summed E-state index contributed by atoms with van der Waals surface area (Å²) in [6.45, 7) is 0. The number of methoxy groups -OCH3 is 1. The molecule has 0 radical (unpaired) electrons. The van der Waals surface area contributed by atoms with E-state index in [1.54, 1.807) is 24.3 Å². The zero-order valence-corrected chi connectivity index (χ0v) is 13.9. The first-order valence-corrected chi connectivity index (χ1v) is 7.83. The van der Waals surface area contributed by atoms with Gasteiger partial charge in [0.25, 0.3) is 5.91 Å². The molecule has 0 saturated heterocycles. The second kappa shape index (κ2) is 7.14. The first-order chi connectivity index (χ1) is 12.5. The Morgan fingerprint density at radius 2 is 1.92 bits per heavy atom. The summed E-state index contributed by atoms with van der Waals surface area (Å²) >= 11 is 0. The van der Waals surface area contributed by atoms with E-state index in [9.17, 15) is 14.4 Å². The Kier molecular flexibility index (Phi) is 4.74. The Balaban J connectivity index is 1.90. The third-order valence-corrected chi connectivity index (χ3v) is 3.84. The molecule has 1 aliphatic heterocycles. The van der Waals surface area contributed by atoms with Gasteiger partial charge in [0.1, 0.15) is 11.8 Å². The highest BCUT2D eigenvalue weighted by Gasteiger charge is 2.30. The lowest BCUT2D eigenvalue weighted by atomic mass is 10.1. The maximum atomic E-state index is 12.5. The number of para-hydroxylation sites is 1. The summed E-state index contributed by atoms with van der Waals surface area (Å²) in [4.78, 5) is 36.2. The average Bonchev–Trinajstić information content (AvgIpc) is 2.73. The number of rotatable bonds is 4. The predicted molar refractivity (Wildman–Crippen MR) is 93.9 cm³/mol. The minimum absolute atomic E-state index is 0.186. The van der Waals surface area contributed by atoms with Gasteiger partial charge in [0.2, 0.25) is 5.91 Å². The topological polar surface area (TPSA) is 120 Å². The SMILES string of the molecule is COC(=O)C[C@@H]1NC(=O)c2cc(Oc3ccccc3)c(N)cc2NC1=O. The Labute approximate surface area is 149 Å². The molecule has 0 saturated carbocycles. The number of fused-ring (bicyclic) bond motifs is 1. The van der Waals surface area contributed by atoms with E-state index >= 15 is 0 Å². The second-order valence-corrected chi connectivity index (χ2v) is 5.65. The smallest absolute Gasteiger partial charge is 0.308 e. The molecule has 0 aliphatic carbocycles. The van der Waals surface area contributed by atoms with Gasteiger partial charge in [0.05, 0.1) is 30.5 Å². The molecular formula is C18H17N3O5. The van der Waals surface area contributed by atoms with E-state index in [2.05, 4.69) is 15.4 Å². The monoisotopic (exact) mass is 355 g/mol. The molecule has 1 heterocycles. The number of nitrogen functional groups attached to an aromatic ring is 1. The zero-order valence-electron chi connectivity index (χ0n) is 13.9. The first kappa shape index (κ1) is 17.3. The largest absolute Gasteiger partial charge is 0.469 e. The minimum Gasteiger partial charge on any atom is -0.469 e. The van der Waals surface area contributed by atoms with Crippen molar-refractivity contribution in [3.05, 3.63) is 48.0 Å². The summed E-state index contributed by atoms with van der Waals surface area (Å²) in [6.07, 6.45) is -0.273. The van der Waals surface area contributed by atoms with Crippen molar-refractivity contribution in [3.8, 4) is 11.5 Å². The van der Waals surface area contributed by atoms with E-state index in [0.717, 1.165) is 0 Å². The quantitative estimate of drug-likeness (QED) is 0.567. The maximum absolute atomic E-state index is 12.5. The average molecular weight is 355 g/mol. The lowest BCUT2D eigenvalue weighted by Crippen LogP contribution is -2.42. The van der Waals surface area contributed by atoms with Gasteiger partial charge in [-0.2, -0.15) is 0 Å². The van der Waals surface area contributed by atoms with Crippen LogP contribution in [0.1, 0.15) is 16.8 Å². The van der Waals surface area contributed by atoms with Crippen LogP contribution in [0.4, 0.5) is 11.4 Å². The van der Waals surface area contributed by atoms with E-state index < -0.39 is 23.8 Å². The van der Waals surface area contributed by atoms with Crippen LogP contribution in [0.25, 0.3) is 0 Å². The van der Waals surface area contributed by atoms with Crippen LogP contribution in [0, 0.1) is 0 Å². The van der Waals surface area contributed by atoms with Crippen molar-refractivity contribution in [1.29, 1.82) is 0 Å². The normalized spacial score (nSPS) is 16.0. The molecule has 8 nitrogen and oxygen atoms in total. The number of anilines is 2. The molecule has 2 aromatic carbocycles. The van der Waals surface area contributed by atoms with Crippen LogP contribution < -0.4 is 21.1 Å². The number of hydrogen-bond acceptors (Lipinski definition) is 6. The first-order valence-electron chi connectivity index (χ1n) is 7.83. The van der Waals surface area contributed by atoms with Crippen LogP contribution in [0.2, 0.25) is 0 Å². The van der Waals surface area contributed by atoms with Crippen LogP contribution in [0.5, 0.6) is 11.5 Å². The Hall–Kier alpha value is -3.55. The minimum atomic E-state index is -1.04. The number of carbonyl (C=O) groups is 3. The summed E-state index contributed by atoms with van der Waals surface area (Å²) in [6, 6.07) is 10.8. The molecule has 26 heavy (non-hydrogen) atoms. The molecule has 0 bridgehead atoms. The summed E-state index contributed by atoms with van der Waals surface area (Å²) in [7, 11) is 1.21. The van der Waals surface area contributed by atoms with Gasteiger partial charge in [0, 0.05) is 0 Å². The summed E-state index contributed by atoms with van der Waals surface area (Å²) < 4.78 is 10.3. The number of hydrogen-bond donors (Lipinski definition) is 3. The summed E-state index contributed by atoms with van der Waals surface area (Å²) in [5.74, 6) is -0.820. The molecule has 1 atom stereocenters. The van der Waals surface area contributed by atoms with Crippen molar-refractivity contribution in [2.24, 2.45) is 0 Å². The Bertz CT molecular complexity index is 867. The lowest BCUT2D eigenvalue weighted by molar-refractivity contribution is -0.142. The maximum Gasteiger partial charge on any atom is 0.308 e. The van der Waals surface area contributed by atoms with E-state index in [1.807, 2.05) is 6.07 Å². The number of nitrogens with two attached hydrogens (primary N) is 1. The molecule has 8 heteroatoms. The summed E-state index contributed by atoms with van der Waals surface area (Å²) in [5, 5.41) is 5.11. The number of amides is 2. The number of esters is 1. The molecule has 2 aromatic rings. The molecule has 0 fully saturated rings. The standard InChI is InChI=1S/C18H17N3O5/c1-25-16(22)9-14-18(24)20-13-8-12(19)15(7-11(13)17(23)21-14)26-10-5-3-2-4-6-10/h2-8,14H,9,19H2,1H3,(H,20,24)(H,21,23)/t14-/m0/s1. The molecule has 4 N–H and O–H groups in total. The molecule has 134 valence electrons. The number of ether oxygens (including phenoxy) is 2. The lowest BCUT2D eigenvalue weighted by Gasteiger charge is -2.12. The molecular weight excluding hydrogens is 338 g/mol. The van der Waals surface area contributed by atoms with E-state index in [0.29, 0.717) is 5.75 Å². The van der Waals surface area contributed by atoms with Crippen LogP contribution in [-0.4, -0.2) is 30.9 Å². The fourth-order valence-corrected chi connectivity index (χ4v) is 2.51. The van der Waals surface area contributed by atoms with Crippen molar-refractivity contribution in [3.63, 3.8) is 0 Å². The van der Waals surface area contributed by atoms with Crippen LogP contribution in [0.15, 0.2) is 42.5 Å². The van der Waals surface area contributed by atoms with Crippen molar-refractivity contribution < 1.29 is 23.9 Å². The predicted octanol–water partition coefficient (Wildman–Crippen LogP) is 1.67. The second-order valence-electron chi connectivity index (χ2n) is 5.65. The zero-order chi connectivity index (χ0) is 18.7. The molecule has 1 aliphatic rings. The highest BCUT2D eigenvalue weighted by Crippen LogP contribution is 2.33. The van der Waals surface area contributed by atoms with Gasteiger partial charge in [-0.25, -0.2) is 0 Å². The van der Waals surface area contributed by atoms with Crippen molar-refractivity contribution in [2.75, 3.05) is 18.2 Å². The number of benzene rings is 2. The van der Waals surface area contributed by atoms with Crippen LogP contribution in [0.3, 0.4) is 0 Å². The molecule has 0 aromatic heterocycles. The van der Waals surface area contributed by atoms with Crippen molar-refractivity contribution >= 4 is 29.2 Å². The highest BCUT2D eigenvalue weighted by molar-refractivity contribution is 6.11. The summed E-state index contributed by atoms with van der Waals surface area (Å²) in [5.41, 5.74) is 6.68. The third kappa shape index (κ3) is 3.59. The van der Waals surface area contributed by atoms with Crippen LogP contribution in [-0.2, 0) is 14.3 Å². The molecule has 3 rings (SSSR count). The van der Waals surface area contributed by atoms with Gasteiger partial charge < -0.3 is 25.8 Å². The van der Waals surface area contributed by atoms with Gasteiger partial charge in [-0.1, -0.05) is 18.2 Å². The van der Waals surface area contributed by atoms with E-state index in [1.165, 1.54) is 19.2 Å². The van der Waals surface area contributed by atoms with E-state index in [4.69, 9.17) is 10.5 Å². The molecule has 2 amide bonds. The van der Waals surface area contributed by atoms with Crippen molar-refractivity contribution in [1.82, 2.24) is 5.32 Å². The van der Waals surface area contributed by atoms with Gasteiger partial charge in [0.15, 0.2) is 5.75 Å². The van der Waals surface area contributed by atoms with Gasteiger partial charge in [-0.15, -0.1) is 0 Å². The number of carbonyl (C=O) groups excluding carboxylic acids is 3. The Morgan fingerprint density at radius 1 is 1.19 bits per heavy atom. The highest BCUT2D eigenvalue weighted by atomic mass is 16.5. The number of nitrogens with one attached hydrogen (secondary N) is 2. The van der Waals surface area contributed by atoms with Crippen molar-refractivity contribution in [2.45, 2.75) is 12.5 Å².